The topological polar surface area (TPSA) is 60.5 Å². The molecule has 1 amide bonds. The third-order valence-electron chi connectivity index (χ3n) is 4.88. The van der Waals surface area contributed by atoms with Gasteiger partial charge in [-0.25, -0.2) is 4.98 Å². The van der Waals surface area contributed by atoms with Crippen LogP contribution in [0.25, 0.3) is 16.3 Å². The van der Waals surface area contributed by atoms with Gasteiger partial charge in [0.05, 0.1) is 23.9 Å². The van der Waals surface area contributed by atoms with Crippen LogP contribution in [0.3, 0.4) is 0 Å². The van der Waals surface area contributed by atoms with Gasteiger partial charge in [-0.2, -0.15) is 0 Å². The summed E-state index contributed by atoms with van der Waals surface area (Å²) in [6.45, 7) is 9.08. The number of benzene rings is 2. The van der Waals surface area contributed by atoms with Gasteiger partial charge in [0.15, 0.2) is 16.6 Å². The molecule has 0 radical (unpaired) electrons. The largest absolute Gasteiger partial charge is 0.493 e. The lowest BCUT2D eigenvalue weighted by Crippen LogP contribution is -2.07. The number of amides is 1. The zero-order valence-electron chi connectivity index (χ0n) is 18.1. The Hall–Kier alpha value is -2.86. The van der Waals surface area contributed by atoms with Gasteiger partial charge in [0.25, 0.3) is 0 Å². The summed E-state index contributed by atoms with van der Waals surface area (Å²) in [6.07, 6.45) is 4.23. The fourth-order valence-electron chi connectivity index (χ4n) is 2.91. The van der Waals surface area contributed by atoms with Crippen LogP contribution in [0.2, 0.25) is 0 Å². The van der Waals surface area contributed by atoms with Gasteiger partial charge in [0.2, 0.25) is 5.91 Å². The molecule has 6 heteroatoms. The highest BCUT2D eigenvalue weighted by Crippen LogP contribution is 2.30. The maximum absolute atomic E-state index is 12.4. The lowest BCUT2D eigenvalue weighted by Gasteiger charge is -2.12. The minimum absolute atomic E-state index is 0.223. The molecule has 0 fully saturated rings. The molecule has 30 heavy (non-hydrogen) atoms. The number of rotatable bonds is 8. The first-order valence-electron chi connectivity index (χ1n) is 10.0. The number of methoxy groups -OCH3 is 1. The summed E-state index contributed by atoms with van der Waals surface area (Å²) in [5.74, 6) is 1.72. The van der Waals surface area contributed by atoms with E-state index < -0.39 is 0 Å². The van der Waals surface area contributed by atoms with E-state index in [-0.39, 0.29) is 5.91 Å². The number of hydrogen-bond acceptors (Lipinski definition) is 5. The molecule has 0 bridgehead atoms. The third-order valence-corrected chi connectivity index (χ3v) is 5.82. The number of thiazole rings is 1. The Kier molecular flexibility index (Phi) is 7.11. The number of anilines is 1. The number of carbonyl (C=O) groups excluding carboxylic acids is 1. The van der Waals surface area contributed by atoms with E-state index >= 15 is 0 Å². The number of ether oxygens (including phenoxy) is 2. The lowest BCUT2D eigenvalue weighted by molar-refractivity contribution is -0.111. The standard InChI is InChI=1S/C24H28N2O3S/c1-15(2)12-13-29-19-9-7-18(14-20(19)28-5)8-11-22(27)25-24-26-23-17(4)16(3)6-10-21(23)30-24/h6-11,14-15H,12-13H2,1-5H3,(H,25,26,27). The molecule has 0 aliphatic rings. The van der Waals surface area contributed by atoms with Gasteiger partial charge in [0, 0.05) is 6.08 Å². The van der Waals surface area contributed by atoms with Crippen molar-refractivity contribution in [2.75, 3.05) is 19.0 Å². The first kappa shape index (κ1) is 21.8. The van der Waals surface area contributed by atoms with Crippen LogP contribution in [0.5, 0.6) is 11.5 Å². The molecule has 0 saturated heterocycles. The minimum atomic E-state index is -0.223. The molecular weight excluding hydrogens is 396 g/mol. The van der Waals surface area contributed by atoms with E-state index in [1.54, 1.807) is 13.2 Å². The van der Waals surface area contributed by atoms with Crippen LogP contribution >= 0.6 is 11.3 Å². The SMILES string of the molecule is COc1cc(C=CC(=O)Nc2nc3c(C)c(C)ccc3s2)ccc1OCCC(C)C. The Morgan fingerprint density at radius 3 is 2.73 bits per heavy atom. The monoisotopic (exact) mass is 424 g/mol. The molecule has 5 nitrogen and oxygen atoms in total. The van der Waals surface area contributed by atoms with Crippen LogP contribution in [0.4, 0.5) is 5.13 Å². The van der Waals surface area contributed by atoms with Crippen molar-refractivity contribution < 1.29 is 14.3 Å². The van der Waals surface area contributed by atoms with Crippen LogP contribution in [-0.4, -0.2) is 24.6 Å². The number of nitrogens with one attached hydrogen (secondary N) is 1. The zero-order chi connectivity index (χ0) is 21.7. The molecular formula is C24H28N2O3S. The van der Waals surface area contributed by atoms with E-state index in [2.05, 4.69) is 37.1 Å². The normalized spacial score (nSPS) is 11.4. The van der Waals surface area contributed by atoms with Crippen molar-refractivity contribution in [1.29, 1.82) is 0 Å². The molecule has 0 aliphatic carbocycles. The molecule has 2 aromatic carbocycles. The molecule has 0 atom stereocenters. The highest BCUT2D eigenvalue weighted by atomic mass is 32.1. The van der Waals surface area contributed by atoms with Crippen molar-refractivity contribution in [3.05, 3.63) is 53.1 Å². The van der Waals surface area contributed by atoms with Crippen molar-refractivity contribution in [1.82, 2.24) is 4.98 Å². The van der Waals surface area contributed by atoms with Crippen molar-refractivity contribution in [3.8, 4) is 11.5 Å². The number of hydrogen-bond donors (Lipinski definition) is 1. The van der Waals surface area contributed by atoms with Crippen LogP contribution in [0, 0.1) is 19.8 Å². The van der Waals surface area contributed by atoms with Gasteiger partial charge in [0.1, 0.15) is 0 Å². The Bertz CT molecular complexity index is 1070. The summed E-state index contributed by atoms with van der Waals surface area (Å²) < 4.78 is 12.3. The summed E-state index contributed by atoms with van der Waals surface area (Å²) in [6, 6.07) is 9.75. The van der Waals surface area contributed by atoms with Gasteiger partial charge >= 0.3 is 0 Å². The molecule has 3 rings (SSSR count). The van der Waals surface area contributed by atoms with E-state index in [0.29, 0.717) is 29.2 Å². The molecule has 1 heterocycles. The van der Waals surface area contributed by atoms with E-state index in [1.807, 2.05) is 31.2 Å². The fraction of sp³-hybridized carbons (Fsp3) is 0.333. The van der Waals surface area contributed by atoms with Crippen molar-refractivity contribution in [2.45, 2.75) is 34.1 Å². The Morgan fingerprint density at radius 2 is 2.00 bits per heavy atom. The molecule has 0 saturated carbocycles. The summed E-state index contributed by atoms with van der Waals surface area (Å²) in [4.78, 5) is 16.9. The van der Waals surface area contributed by atoms with Crippen molar-refractivity contribution >= 4 is 38.7 Å². The van der Waals surface area contributed by atoms with Gasteiger partial charge in [-0.1, -0.05) is 37.3 Å². The number of carbonyl (C=O) groups is 1. The molecule has 1 aromatic heterocycles. The summed E-state index contributed by atoms with van der Waals surface area (Å²) in [7, 11) is 1.61. The first-order chi connectivity index (χ1) is 14.4. The predicted molar refractivity (Wildman–Crippen MR) is 125 cm³/mol. The Morgan fingerprint density at radius 1 is 1.20 bits per heavy atom. The van der Waals surface area contributed by atoms with Crippen LogP contribution < -0.4 is 14.8 Å². The predicted octanol–water partition coefficient (Wildman–Crippen LogP) is 6.00. The second-order valence-corrected chi connectivity index (χ2v) is 8.67. The molecule has 1 N–H and O–H groups in total. The molecule has 0 spiro atoms. The van der Waals surface area contributed by atoms with E-state index in [9.17, 15) is 4.79 Å². The molecule has 0 unspecified atom stereocenters. The molecule has 3 aromatic rings. The van der Waals surface area contributed by atoms with E-state index in [1.165, 1.54) is 23.0 Å². The average Bonchev–Trinajstić information content (AvgIpc) is 3.12. The second-order valence-electron chi connectivity index (χ2n) is 7.64. The van der Waals surface area contributed by atoms with Crippen LogP contribution in [0.1, 0.15) is 37.0 Å². The summed E-state index contributed by atoms with van der Waals surface area (Å²) in [5.41, 5.74) is 4.13. The Balaban J connectivity index is 1.66. The minimum Gasteiger partial charge on any atom is -0.493 e. The first-order valence-corrected chi connectivity index (χ1v) is 10.9. The second kappa shape index (κ2) is 9.76. The number of nitrogens with zero attached hydrogens (tertiary/aromatic N) is 1. The van der Waals surface area contributed by atoms with Gasteiger partial charge in [-0.15, -0.1) is 0 Å². The third kappa shape index (κ3) is 5.39. The summed E-state index contributed by atoms with van der Waals surface area (Å²) >= 11 is 1.47. The highest BCUT2D eigenvalue weighted by molar-refractivity contribution is 7.22. The van der Waals surface area contributed by atoms with Gasteiger partial charge < -0.3 is 9.47 Å². The smallest absolute Gasteiger partial charge is 0.250 e. The van der Waals surface area contributed by atoms with Crippen LogP contribution in [0.15, 0.2) is 36.4 Å². The maximum Gasteiger partial charge on any atom is 0.250 e. The van der Waals surface area contributed by atoms with Gasteiger partial charge in [-0.3, -0.25) is 10.1 Å². The number of aromatic nitrogens is 1. The fourth-order valence-corrected chi connectivity index (χ4v) is 3.84. The van der Waals surface area contributed by atoms with Gasteiger partial charge in [-0.05, 0) is 67.2 Å². The maximum atomic E-state index is 12.4. The zero-order valence-corrected chi connectivity index (χ0v) is 18.9. The van der Waals surface area contributed by atoms with E-state index in [0.717, 1.165) is 27.8 Å². The molecule has 158 valence electrons. The highest BCUT2D eigenvalue weighted by Gasteiger charge is 2.10. The number of fused-ring (bicyclic) bond motifs is 1. The quantitative estimate of drug-likeness (QED) is 0.451. The average molecular weight is 425 g/mol. The Labute approximate surface area is 181 Å². The summed E-state index contributed by atoms with van der Waals surface area (Å²) in [5, 5.41) is 3.45. The lowest BCUT2D eigenvalue weighted by atomic mass is 10.1. The van der Waals surface area contributed by atoms with E-state index in [4.69, 9.17) is 9.47 Å². The number of aryl methyl sites for hydroxylation is 2. The molecule has 0 aliphatic heterocycles. The van der Waals surface area contributed by atoms with Crippen molar-refractivity contribution in [3.63, 3.8) is 0 Å². The van der Waals surface area contributed by atoms with Crippen molar-refractivity contribution in [2.24, 2.45) is 5.92 Å². The van der Waals surface area contributed by atoms with Crippen LogP contribution in [-0.2, 0) is 4.79 Å².